The van der Waals surface area contributed by atoms with Crippen LogP contribution in [0.5, 0.6) is 0 Å². The van der Waals surface area contributed by atoms with Crippen molar-refractivity contribution in [2.45, 2.75) is 0 Å². The van der Waals surface area contributed by atoms with E-state index in [2.05, 4.69) is 25.6 Å². The van der Waals surface area contributed by atoms with Gasteiger partial charge in [0.15, 0.2) is 17.0 Å². The number of aryl methyl sites for hydroxylation is 1. The van der Waals surface area contributed by atoms with Crippen molar-refractivity contribution in [2.75, 3.05) is 56.2 Å². The lowest BCUT2D eigenvalue weighted by atomic mass is 10.4. The number of primary amides is 1. The van der Waals surface area contributed by atoms with Crippen LogP contribution >= 0.6 is 0 Å². The molecule has 0 unspecified atom stereocenters. The van der Waals surface area contributed by atoms with Crippen LogP contribution < -0.4 is 21.3 Å². The summed E-state index contributed by atoms with van der Waals surface area (Å²) in [7, 11) is 1.81. The number of nitrogens with one attached hydrogen (secondary N) is 2. The van der Waals surface area contributed by atoms with Crippen LogP contribution in [0.25, 0.3) is 11.2 Å². The van der Waals surface area contributed by atoms with Gasteiger partial charge >= 0.3 is 0 Å². The molecule has 2 heterocycles. The number of aliphatic hydroxyl groups excluding tert-OH is 2. The number of hydrogen-bond donors (Lipinski definition) is 5. The lowest BCUT2D eigenvalue weighted by molar-refractivity contribution is -0.116. The fourth-order valence-electron chi connectivity index (χ4n) is 2.32. The molecular formula is C14H24N8O3. The van der Waals surface area contributed by atoms with Crippen molar-refractivity contribution in [1.29, 1.82) is 0 Å². The summed E-state index contributed by atoms with van der Waals surface area (Å²) < 4.78 is 1.75. The third-order valence-corrected chi connectivity index (χ3v) is 3.48. The Hall–Kier alpha value is -2.50. The molecule has 0 aliphatic heterocycles. The van der Waals surface area contributed by atoms with Crippen LogP contribution in [0.4, 0.5) is 11.8 Å². The molecule has 25 heavy (non-hydrogen) atoms. The Morgan fingerprint density at radius 2 is 2.08 bits per heavy atom. The molecule has 0 fully saturated rings. The number of fused-ring (bicyclic) bond motifs is 1. The van der Waals surface area contributed by atoms with Crippen LogP contribution in [0.3, 0.4) is 0 Å². The van der Waals surface area contributed by atoms with Crippen molar-refractivity contribution in [1.82, 2.24) is 24.8 Å². The maximum Gasteiger partial charge on any atom is 0.236 e. The fraction of sp³-hybridized carbons (Fsp3) is 0.571. The highest BCUT2D eigenvalue weighted by Gasteiger charge is 2.17. The summed E-state index contributed by atoms with van der Waals surface area (Å²) in [4.78, 5) is 26.0. The van der Waals surface area contributed by atoms with E-state index in [9.17, 15) is 9.90 Å². The van der Waals surface area contributed by atoms with Gasteiger partial charge in [0.1, 0.15) is 0 Å². The van der Waals surface area contributed by atoms with E-state index in [1.807, 2.05) is 11.9 Å². The Labute approximate surface area is 144 Å². The zero-order chi connectivity index (χ0) is 18.2. The molecule has 0 aliphatic carbocycles. The smallest absolute Gasteiger partial charge is 0.236 e. The molecule has 11 heteroatoms. The number of anilines is 2. The molecular weight excluding hydrogens is 328 g/mol. The topological polar surface area (TPSA) is 154 Å². The van der Waals surface area contributed by atoms with E-state index in [1.165, 1.54) is 0 Å². The molecule has 0 aliphatic rings. The molecule has 11 nitrogen and oxygen atoms in total. The molecule has 2 aromatic heterocycles. The van der Waals surface area contributed by atoms with E-state index in [0.29, 0.717) is 43.2 Å². The first-order valence-corrected chi connectivity index (χ1v) is 7.95. The third-order valence-electron chi connectivity index (χ3n) is 3.48. The highest BCUT2D eigenvalue weighted by atomic mass is 16.3. The Kier molecular flexibility index (Phi) is 6.86. The summed E-state index contributed by atoms with van der Waals surface area (Å²) in [5.41, 5.74) is 6.36. The van der Waals surface area contributed by atoms with Crippen LogP contribution in [0.2, 0.25) is 0 Å². The van der Waals surface area contributed by atoms with Crippen LogP contribution in [0.1, 0.15) is 0 Å². The van der Waals surface area contributed by atoms with Gasteiger partial charge in [-0.25, -0.2) is 4.98 Å². The number of imidazole rings is 1. The van der Waals surface area contributed by atoms with E-state index in [1.54, 1.807) is 10.9 Å². The van der Waals surface area contributed by atoms with Gasteiger partial charge in [0, 0.05) is 33.2 Å². The molecule has 6 N–H and O–H groups in total. The lowest BCUT2D eigenvalue weighted by Crippen LogP contribution is -2.36. The fourth-order valence-corrected chi connectivity index (χ4v) is 2.32. The van der Waals surface area contributed by atoms with Crippen molar-refractivity contribution in [3.63, 3.8) is 0 Å². The van der Waals surface area contributed by atoms with E-state index in [4.69, 9.17) is 10.8 Å². The number of carbonyl (C=O) groups is 1. The van der Waals surface area contributed by atoms with Crippen molar-refractivity contribution < 1.29 is 15.0 Å². The summed E-state index contributed by atoms with van der Waals surface area (Å²) in [6.07, 6.45) is 1.63. The first-order chi connectivity index (χ1) is 12.1. The number of aliphatic hydroxyl groups is 2. The molecule has 0 spiro atoms. The molecule has 0 saturated carbocycles. The summed E-state index contributed by atoms with van der Waals surface area (Å²) in [5, 5.41) is 24.1. The van der Waals surface area contributed by atoms with Gasteiger partial charge < -0.3 is 36.0 Å². The van der Waals surface area contributed by atoms with Crippen molar-refractivity contribution in [3.8, 4) is 0 Å². The number of hydrogen-bond acceptors (Lipinski definition) is 9. The van der Waals surface area contributed by atoms with Gasteiger partial charge in [0.25, 0.3) is 0 Å². The van der Waals surface area contributed by atoms with Crippen molar-refractivity contribution in [3.05, 3.63) is 6.33 Å². The van der Waals surface area contributed by atoms with Gasteiger partial charge in [-0.15, -0.1) is 0 Å². The quantitative estimate of drug-likeness (QED) is 0.279. The van der Waals surface area contributed by atoms with Gasteiger partial charge in [-0.2, -0.15) is 9.97 Å². The summed E-state index contributed by atoms with van der Waals surface area (Å²) in [6.45, 7) is 1.92. The van der Waals surface area contributed by atoms with Crippen molar-refractivity contribution in [2.24, 2.45) is 12.8 Å². The Morgan fingerprint density at radius 1 is 1.28 bits per heavy atom. The average Bonchev–Trinajstić information content (AvgIpc) is 2.96. The predicted molar refractivity (Wildman–Crippen MR) is 93.2 cm³/mol. The van der Waals surface area contributed by atoms with Crippen LogP contribution in [-0.2, 0) is 11.8 Å². The first-order valence-electron chi connectivity index (χ1n) is 7.95. The molecule has 138 valence electrons. The maximum atomic E-state index is 11.0. The minimum atomic E-state index is -0.518. The molecule has 0 atom stereocenters. The number of nitrogens with two attached hydrogens (primary N) is 1. The predicted octanol–water partition coefficient (Wildman–Crippen LogP) is -2.36. The second kappa shape index (κ2) is 9.11. The van der Waals surface area contributed by atoms with Gasteiger partial charge in [0.05, 0.1) is 26.1 Å². The van der Waals surface area contributed by atoms with E-state index >= 15 is 0 Å². The van der Waals surface area contributed by atoms with Gasteiger partial charge in [-0.05, 0) is 0 Å². The number of nitrogens with zero attached hydrogens (tertiary/aromatic N) is 5. The highest BCUT2D eigenvalue weighted by molar-refractivity contribution is 5.85. The van der Waals surface area contributed by atoms with Crippen LogP contribution in [-0.4, -0.2) is 81.6 Å². The number of aromatic nitrogens is 4. The van der Waals surface area contributed by atoms with Crippen LogP contribution in [0, 0.1) is 0 Å². The summed E-state index contributed by atoms with van der Waals surface area (Å²) in [6, 6.07) is 0. The minimum absolute atomic E-state index is 0.0532. The first kappa shape index (κ1) is 18.8. The number of carbonyl (C=O) groups excluding carboxylic acids is 1. The molecule has 0 bridgehead atoms. The Balaban J connectivity index is 2.31. The molecule has 0 radical (unpaired) electrons. The summed E-state index contributed by atoms with van der Waals surface area (Å²) >= 11 is 0. The average molecular weight is 352 g/mol. The zero-order valence-corrected chi connectivity index (χ0v) is 14.1. The second-order valence-electron chi connectivity index (χ2n) is 5.40. The standard InChI is InChI=1S/C14H24N8O3/c1-21-9-18-11-12(21)19-14(17-8-10(15)25)20-13(11)22(5-7-24)4-2-16-3-6-23/h9,16,23-24H,2-8H2,1H3,(H2,15,25)(H,17,19,20). The monoisotopic (exact) mass is 352 g/mol. The molecule has 1 amide bonds. The maximum absolute atomic E-state index is 11.0. The van der Waals surface area contributed by atoms with Crippen LogP contribution in [0.15, 0.2) is 6.33 Å². The molecule has 0 aromatic carbocycles. The zero-order valence-electron chi connectivity index (χ0n) is 14.1. The van der Waals surface area contributed by atoms with Gasteiger partial charge in [-0.1, -0.05) is 0 Å². The van der Waals surface area contributed by atoms with Gasteiger partial charge in [0.2, 0.25) is 11.9 Å². The largest absolute Gasteiger partial charge is 0.395 e. The van der Waals surface area contributed by atoms with E-state index in [0.717, 1.165) is 0 Å². The second-order valence-corrected chi connectivity index (χ2v) is 5.40. The van der Waals surface area contributed by atoms with E-state index in [-0.39, 0.29) is 25.7 Å². The molecule has 2 rings (SSSR count). The Morgan fingerprint density at radius 3 is 2.76 bits per heavy atom. The lowest BCUT2D eigenvalue weighted by Gasteiger charge is -2.23. The van der Waals surface area contributed by atoms with Gasteiger partial charge in [-0.3, -0.25) is 4.79 Å². The van der Waals surface area contributed by atoms with E-state index < -0.39 is 5.91 Å². The third kappa shape index (κ3) is 4.98. The normalized spacial score (nSPS) is 11.0. The SMILES string of the molecule is Cn1cnc2c(N(CCO)CCNCCO)nc(NCC(N)=O)nc21. The molecule has 0 saturated heterocycles. The highest BCUT2D eigenvalue weighted by Crippen LogP contribution is 2.23. The minimum Gasteiger partial charge on any atom is -0.395 e. The van der Waals surface area contributed by atoms with Crippen molar-refractivity contribution >= 4 is 28.8 Å². The number of amides is 1. The number of rotatable bonds is 11. The molecule has 2 aromatic rings. The summed E-state index contributed by atoms with van der Waals surface area (Å²) in [5.74, 6) is 0.296. The Bertz CT molecular complexity index is 705.